The molecule has 1 aliphatic heterocycles. The molecule has 0 bridgehead atoms. The van der Waals surface area contributed by atoms with Gasteiger partial charge in [0.05, 0.1) is 12.2 Å². The van der Waals surface area contributed by atoms with Gasteiger partial charge in [-0.05, 0) is 48.9 Å². The Hall–Kier alpha value is -5.52. The summed E-state index contributed by atoms with van der Waals surface area (Å²) < 4.78 is 11.5. The molecule has 0 saturated carbocycles. The van der Waals surface area contributed by atoms with Gasteiger partial charge in [0.2, 0.25) is 5.91 Å². The second kappa shape index (κ2) is 9.34. The monoisotopic (exact) mass is 532 g/mol. The molecule has 5 aromatic heterocycles. The Morgan fingerprint density at radius 1 is 1.05 bits per heavy atom. The fourth-order valence-electron chi connectivity index (χ4n) is 4.85. The van der Waals surface area contributed by atoms with Crippen LogP contribution in [0, 0.1) is 6.92 Å². The Kier molecular flexibility index (Phi) is 5.51. The summed E-state index contributed by atoms with van der Waals surface area (Å²) in [6.07, 6.45) is 11.9. The maximum atomic E-state index is 11.8. The maximum absolute atomic E-state index is 11.8. The number of aryl methyl sites for hydroxylation is 1. The normalized spacial score (nSPS) is 13.5. The van der Waals surface area contributed by atoms with Crippen molar-refractivity contribution in [3.63, 3.8) is 0 Å². The molecular weight excluding hydrogens is 508 g/mol. The lowest BCUT2D eigenvalue weighted by molar-refractivity contribution is -0.131. The van der Waals surface area contributed by atoms with Gasteiger partial charge in [0.15, 0.2) is 11.5 Å². The van der Waals surface area contributed by atoms with E-state index < -0.39 is 0 Å². The van der Waals surface area contributed by atoms with Crippen LogP contribution in [0.5, 0.6) is 11.5 Å². The Bertz CT molecular complexity index is 1900. The van der Waals surface area contributed by atoms with Crippen LogP contribution in [0.4, 0.5) is 11.5 Å². The van der Waals surface area contributed by atoms with Crippen LogP contribution < -0.4 is 10.1 Å². The number of fused-ring (bicyclic) bond motifs is 2. The molecule has 0 radical (unpaired) electrons. The molecule has 1 saturated heterocycles. The van der Waals surface area contributed by atoms with Crippen LogP contribution >= 0.6 is 0 Å². The predicted octanol–water partition coefficient (Wildman–Crippen LogP) is 4.05. The van der Waals surface area contributed by atoms with Crippen LogP contribution in [0.15, 0.2) is 86.5 Å². The van der Waals surface area contributed by atoms with E-state index in [0.29, 0.717) is 30.3 Å². The minimum atomic E-state index is -0.0573. The molecule has 1 amide bonds. The van der Waals surface area contributed by atoms with Crippen molar-refractivity contribution in [3.05, 3.63) is 92.1 Å². The van der Waals surface area contributed by atoms with Crippen molar-refractivity contribution in [2.24, 2.45) is 0 Å². The summed E-state index contributed by atoms with van der Waals surface area (Å²) in [4.78, 5) is 22.3. The molecule has 12 heteroatoms. The first kappa shape index (κ1) is 23.6. The van der Waals surface area contributed by atoms with E-state index in [1.165, 1.54) is 18.7 Å². The third kappa shape index (κ3) is 4.11. The van der Waals surface area contributed by atoms with E-state index in [-0.39, 0.29) is 11.9 Å². The molecule has 7 rings (SSSR count). The van der Waals surface area contributed by atoms with E-state index in [1.807, 2.05) is 72.8 Å². The number of benzene rings is 1. The van der Waals surface area contributed by atoms with Crippen molar-refractivity contribution >= 4 is 28.6 Å². The van der Waals surface area contributed by atoms with Crippen molar-refractivity contribution in [3.8, 4) is 22.6 Å². The third-order valence-corrected chi connectivity index (χ3v) is 7.01. The number of carbonyl (C=O) groups excluding carboxylic acids is 1. The summed E-state index contributed by atoms with van der Waals surface area (Å²) in [6.45, 7) is 6.78. The fourth-order valence-corrected chi connectivity index (χ4v) is 4.85. The van der Waals surface area contributed by atoms with Crippen LogP contribution in [0.25, 0.3) is 22.3 Å². The summed E-state index contributed by atoms with van der Waals surface area (Å²) in [5.41, 5.74) is 5.26. The van der Waals surface area contributed by atoms with Crippen LogP contribution in [0.1, 0.15) is 11.6 Å². The van der Waals surface area contributed by atoms with Crippen LogP contribution in [0.2, 0.25) is 0 Å². The number of carbonyl (C=O) groups is 1. The molecule has 40 heavy (non-hydrogen) atoms. The topological polar surface area (TPSA) is 120 Å². The van der Waals surface area contributed by atoms with E-state index in [1.54, 1.807) is 13.9 Å². The molecule has 0 unspecified atom stereocenters. The molecular formula is C28H24N10O2. The first-order valence-corrected chi connectivity index (χ1v) is 12.7. The number of amides is 1. The number of anilines is 2. The summed E-state index contributed by atoms with van der Waals surface area (Å²) in [5.74, 6) is 2.03. The van der Waals surface area contributed by atoms with Gasteiger partial charge in [-0.25, -0.2) is 19.0 Å². The summed E-state index contributed by atoms with van der Waals surface area (Å²) >= 11 is 0. The lowest BCUT2D eigenvalue weighted by Gasteiger charge is -2.38. The Morgan fingerprint density at radius 2 is 1.88 bits per heavy atom. The number of likely N-dealkylation sites (tertiary alicyclic amines) is 1. The van der Waals surface area contributed by atoms with Gasteiger partial charge < -0.3 is 15.0 Å². The van der Waals surface area contributed by atoms with Gasteiger partial charge in [0.25, 0.3) is 0 Å². The Labute approximate surface area is 228 Å². The average Bonchev–Trinajstić information content (AvgIpc) is 3.69. The number of pyridine rings is 1. The number of hydrogen-bond acceptors (Lipinski definition) is 8. The molecule has 1 aromatic carbocycles. The summed E-state index contributed by atoms with van der Waals surface area (Å²) in [6, 6.07) is 11.7. The number of nitrogens with zero attached hydrogens (tertiary/aromatic N) is 9. The SMILES string of the molecule is C=CC(=O)N1CC(n2cc(-c3ccn4ncnc(Nc5ccc(Oc6ccn7ncnc7c6)c(C)c5)c34)cn2)C1. The Morgan fingerprint density at radius 3 is 2.73 bits per heavy atom. The first-order valence-electron chi connectivity index (χ1n) is 12.7. The van der Waals surface area contributed by atoms with Gasteiger partial charge >= 0.3 is 0 Å². The van der Waals surface area contributed by atoms with E-state index in [4.69, 9.17) is 4.74 Å². The molecule has 1 N–H and O–H groups in total. The van der Waals surface area contributed by atoms with Crippen molar-refractivity contribution < 1.29 is 9.53 Å². The number of ether oxygens (including phenoxy) is 1. The number of nitrogens with one attached hydrogen (secondary N) is 1. The average molecular weight is 533 g/mol. The highest BCUT2D eigenvalue weighted by Crippen LogP contribution is 2.33. The molecule has 6 aromatic rings. The zero-order valence-corrected chi connectivity index (χ0v) is 21.5. The predicted molar refractivity (Wildman–Crippen MR) is 148 cm³/mol. The zero-order valence-electron chi connectivity index (χ0n) is 21.5. The summed E-state index contributed by atoms with van der Waals surface area (Å²) in [7, 11) is 0. The standard InChI is InChI=1S/C28H24N10O2/c1-3-26(39)35-14-21(15-35)38-13-19(12-31-38)23-7-9-37-27(23)28(30-17-33-37)34-20-4-5-24(18(2)10-20)40-22-6-8-36-25(11-22)29-16-32-36/h3-13,16-17,21H,1,14-15H2,2H3,(H,30,33,34). The molecule has 0 atom stereocenters. The van der Waals surface area contributed by atoms with Crippen molar-refractivity contribution in [1.82, 2.24) is 43.9 Å². The summed E-state index contributed by atoms with van der Waals surface area (Å²) in [5, 5.41) is 16.5. The second-order valence-electron chi connectivity index (χ2n) is 9.57. The van der Waals surface area contributed by atoms with Crippen molar-refractivity contribution in [2.45, 2.75) is 13.0 Å². The molecule has 12 nitrogen and oxygen atoms in total. The van der Waals surface area contributed by atoms with Crippen molar-refractivity contribution in [2.75, 3.05) is 18.4 Å². The van der Waals surface area contributed by atoms with Crippen molar-refractivity contribution in [1.29, 1.82) is 0 Å². The van der Waals surface area contributed by atoms with Gasteiger partial charge in [0.1, 0.15) is 29.7 Å². The van der Waals surface area contributed by atoms with E-state index in [0.717, 1.165) is 33.6 Å². The fraction of sp³-hybridized carbons (Fsp3) is 0.143. The smallest absolute Gasteiger partial charge is 0.246 e. The van der Waals surface area contributed by atoms with Gasteiger partial charge in [-0.1, -0.05) is 6.58 Å². The second-order valence-corrected chi connectivity index (χ2v) is 9.57. The van der Waals surface area contributed by atoms with Gasteiger partial charge in [-0.3, -0.25) is 9.48 Å². The molecule has 198 valence electrons. The van der Waals surface area contributed by atoms with Crippen LogP contribution in [0.3, 0.4) is 0 Å². The van der Waals surface area contributed by atoms with Crippen LogP contribution in [-0.4, -0.2) is 62.9 Å². The Balaban J connectivity index is 1.12. The molecule has 0 spiro atoms. The third-order valence-electron chi connectivity index (χ3n) is 7.01. The number of rotatable bonds is 7. The van der Waals surface area contributed by atoms with E-state index in [9.17, 15) is 4.79 Å². The zero-order chi connectivity index (χ0) is 27.2. The lowest BCUT2D eigenvalue weighted by atomic mass is 10.1. The highest BCUT2D eigenvalue weighted by atomic mass is 16.5. The number of aromatic nitrogens is 8. The van der Waals surface area contributed by atoms with E-state index >= 15 is 0 Å². The maximum Gasteiger partial charge on any atom is 0.246 e. The minimum absolute atomic E-state index is 0.0573. The molecule has 6 heterocycles. The largest absolute Gasteiger partial charge is 0.457 e. The van der Waals surface area contributed by atoms with Crippen LogP contribution in [-0.2, 0) is 4.79 Å². The number of hydrogen-bond donors (Lipinski definition) is 1. The molecule has 1 fully saturated rings. The van der Waals surface area contributed by atoms with E-state index in [2.05, 4.69) is 37.2 Å². The van der Waals surface area contributed by atoms with Gasteiger partial charge in [-0.15, -0.1) is 0 Å². The highest BCUT2D eigenvalue weighted by Gasteiger charge is 2.31. The van der Waals surface area contributed by atoms with Gasteiger partial charge in [-0.2, -0.15) is 15.3 Å². The highest BCUT2D eigenvalue weighted by molar-refractivity contribution is 5.90. The quantitative estimate of drug-likeness (QED) is 0.306. The first-order chi connectivity index (χ1) is 19.6. The molecule has 0 aliphatic carbocycles. The molecule has 1 aliphatic rings. The lowest BCUT2D eigenvalue weighted by Crippen LogP contribution is -2.50. The minimum Gasteiger partial charge on any atom is -0.457 e. The van der Waals surface area contributed by atoms with Gasteiger partial charge in [0, 0.05) is 54.6 Å².